The summed E-state index contributed by atoms with van der Waals surface area (Å²) in [5.41, 5.74) is 3.54. The molecule has 0 amide bonds. The van der Waals surface area contributed by atoms with E-state index < -0.39 is 12.0 Å². The molecule has 1 atom stereocenters. The van der Waals surface area contributed by atoms with Crippen LogP contribution in [-0.2, 0) is 5.54 Å². The predicted molar refractivity (Wildman–Crippen MR) is 39.6 cm³/mol. The molecular formula is C7H9F2N3. The molecule has 0 bridgehead atoms. The van der Waals surface area contributed by atoms with E-state index >= 15 is 0 Å². The van der Waals surface area contributed by atoms with Gasteiger partial charge in [0.2, 0.25) is 0 Å². The van der Waals surface area contributed by atoms with Gasteiger partial charge in [-0.2, -0.15) is 0 Å². The topological polar surface area (TPSA) is 51.8 Å². The normalized spacial score (nSPS) is 16.1. The van der Waals surface area contributed by atoms with E-state index in [-0.39, 0.29) is 5.82 Å². The number of aromatic nitrogens is 2. The van der Waals surface area contributed by atoms with Crippen molar-refractivity contribution in [1.82, 2.24) is 9.97 Å². The molecule has 1 rings (SSSR count). The SMILES string of the molecule is CC(N)(c1ncccn1)C(F)F. The highest BCUT2D eigenvalue weighted by Crippen LogP contribution is 2.20. The third-order valence-corrected chi connectivity index (χ3v) is 1.50. The van der Waals surface area contributed by atoms with Crippen LogP contribution in [-0.4, -0.2) is 16.4 Å². The summed E-state index contributed by atoms with van der Waals surface area (Å²) < 4.78 is 24.6. The van der Waals surface area contributed by atoms with Crippen LogP contribution < -0.4 is 5.73 Å². The second kappa shape index (κ2) is 3.10. The Morgan fingerprint density at radius 3 is 2.33 bits per heavy atom. The number of alkyl halides is 2. The molecule has 66 valence electrons. The lowest BCUT2D eigenvalue weighted by molar-refractivity contribution is 0.0576. The summed E-state index contributed by atoms with van der Waals surface area (Å²) in [4.78, 5) is 7.31. The Morgan fingerprint density at radius 1 is 1.42 bits per heavy atom. The highest BCUT2D eigenvalue weighted by Gasteiger charge is 2.34. The molecule has 0 fully saturated rings. The average Bonchev–Trinajstić information content (AvgIpc) is 2.06. The third kappa shape index (κ3) is 1.55. The van der Waals surface area contributed by atoms with Gasteiger partial charge in [-0.3, -0.25) is 0 Å². The van der Waals surface area contributed by atoms with E-state index in [2.05, 4.69) is 9.97 Å². The zero-order valence-electron chi connectivity index (χ0n) is 6.54. The number of hydrogen-bond acceptors (Lipinski definition) is 3. The molecule has 0 aliphatic rings. The van der Waals surface area contributed by atoms with Gasteiger partial charge in [0.05, 0.1) is 0 Å². The van der Waals surface area contributed by atoms with E-state index in [4.69, 9.17) is 5.73 Å². The van der Waals surface area contributed by atoms with Crippen LogP contribution in [0.25, 0.3) is 0 Å². The molecule has 0 radical (unpaired) electrons. The smallest absolute Gasteiger partial charge is 0.263 e. The van der Waals surface area contributed by atoms with Gasteiger partial charge in [0.25, 0.3) is 6.43 Å². The number of nitrogens with zero attached hydrogens (tertiary/aromatic N) is 2. The summed E-state index contributed by atoms with van der Waals surface area (Å²) in [7, 11) is 0. The monoisotopic (exact) mass is 173 g/mol. The van der Waals surface area contributed by atoms with Gasteiger partial charge in [-0.25, -0.2) is 18.7 Å². The van der Waals surface area contributed by atoms with Crippen molar-refractivity contribution in [1.29, 1.82) is 0 Å². The largest absolute Gasteiger partial charge is 0.314 e. The summed E-state index contributed by atoms with van der Waals surface area (Å²) in [6.45, 7) is 1.20. The molecule has 3 nitrogen and oxygen atoms in total. The van der Waals surface area contributed by atoms with E-state index in [1.165, 1.54) is 19.3 Å². The maximum atomic E-state index is 12.3. The third-order valence-electron chi connectivity index (χ3n) is 1.50. The quantitative estimate of drug-likeness (QED) is 0.723. The molecule has 0 aromatic carbocycles. The van der Waals surface area contributed by atoms with E-state index in [0.717, 1.165) is 0 Å². The van der Waals surface area contributed by atoms with Gasteiger partial charge in [0, 0.05) is 12.4 Å². The van der Waals surface area contributed by atoms with Crippen LogP contribution in [0.4, 0.5) is 8.78 Å². The molecule has 1 aromatic heterocycles. The number of nitrogens with two attached hydrogens (primary N) is 1. The summed E-state index contributed by atoms with van der Waals surface area (Å²) in [5, 5.41) is 0. The molecule has 5 heteroatoms. The van der Waals surface area contributed by atoms with Gasteiger partial charge in [0.15, 0.2) is 5.82 Å². The summed E-state index contributed by atoms with van der Waals surface area (Å²) >= 11 is 0. The predicted octanol–water partition coefficient (Wildman–Crippen LogP) is 0.916. The molecule has 0 saturated heterocycles. The first-order valence-corrected chi connectivity index (χ1v) is 3.39. The number of halogens is 2. The van der Waals surface area contributed by atoms with Crippen LogP contribution in [0, 0.1) is 0 Å². The van der Waals surface area contributed by atoms with Crippen LogP contribution in [0.2, 0.25) is 0 Å². The highest BCUT2D eigenvalue weighted by atomic mass is 19.3. The van der Waals surface area contributed by atoms with Crippen molar-refractivity contribution in [3.05, 3.63) is 24.3 Å². The number of hydrogen-bond donors (Lipinski definition) is 1. The highest BCUT2D eigenvalue weighted by molar-refractivity contribution is 5.04. The zero-order valence-corrected chi connectivity index (χ0v) is 6.54. The Morgan fingerprint density at radius 2 is 1.92 bits per heavy atom. The molecule has 0 aliphatic carbocycles. The molecule has 1 heterocycles. The van der Waals surface area contributed by atoms with Crippen molar-refractivity contribution >= 4 is 0 Å². The van der Waals surface area contributed by atoms with Crippen molar-refractivity contribution in [2.45, 2.75) is 18.9 Å². The summed E-state index contributed by atoms with van der Waals surface area (Å²) in [6.07, 6.45) is 0.103. The van der Waals surface area contributed by atoms with E-state index in [1.54, 1.807) is 6.07 Å². The van der Waals surface area contributed by atoms with E-state index in [1.807, 2.05) is 0 Å². The summed E-state index contributed by atoms with van der Waals surface area (Å²) in [6, 6.07) is 1.55. The summed E-state index contributed by atoms with van der Waals surface area (Å²) in [5.74, 6) is -0.0417. The second-order valence-electron chi connectivity index (χ2n) is 2.66. The van der Waals surface area contributed by atoms with Crippen molar-refractivity contribution in [2.75, 3.05) is 0 Å². The van der Waals surface area contributed by atoms with Crippen LogP contribution in [0.15, 0.2) is 18.5 Å². The molecular weight excluding hydrogens is 164 g/mol. The van der Waals surface area contributed by atoms with Crippen molar-refractivity contribution in [2.24, 2.45) is 5.73 Å². The zero-order chi connectivity index (χ0) is 9.19. The minimum atomic E-state index is -2.67. The Bertz CT molecular complexity index is 248. The lowest BCUT2D eigenvalue weighted by atomic mass is 10.0. The van der Waals surface area contributed by atoms with Gasteiger partial charge >= 0.3 is 0 Å². The first-order valence-electron chi connectivity index (χ1n) is 3.39. The Kier molecular flexibility index (Phi) is 2.32. The van der Waals surface area contributed by atoms with Gasteiger partial charge < -0.3 is 5.73 Å². The van der Waals surface area contributed by atoms with Crippen LogP contribution in [0.3, 0.4) is 0 Å². The number of rotatable bonds is 2. The molecule has 1 aromatic rings. The minimum absolute atomic E-state index is 0.0417. The molecule has 0 aliphatic heterocycles. The average molecular weight is 173 g/mol. The second-order valence-corrected chi connectivity index (χ2v) is 2.66. The standard InChI is InChI=1S/C7H9F2N3/c1-7(10,5(8)9)6-11-3-2-4-12-6/h2-5H,10H2,1H3. The van der Waals surface area contributed by atoms with E-state index in [9.17, 15) is 8.78 Å². The molecule has 0 spiro atoms. The Labute approximate surface area is 68.6 Å². The van der Waals surface area contributed by atoms with Gasteiger partial charge in [-0.05, 0) is 13.0 Å². The fraction of sp³-hybridized carbons (Fsp3) is 0.429. The molecule has 1 unspecified atom stereocenters. The van der Waals surface area contributed by atoms with Crippen LogP contribution in [0.1, 0.15) is 12.7 Å². The Balaban J connectivity index is 2.98. The van der Waals surface area contributed by atoms with Gasteiger partial charge in [0.1, 0.15) is 5.54 Å². The van der Waals surface area contributed by atoms with Gasteiger partial charge in [-0.1, -0.05) is 0 Å². The van der Waals surface area contributed by atoms with Crippen molar-refractivity contribution < 1.29 is 8.78 Å². The molecule has 12 heavy (non-hydrogen) atoms. The first-order chi connectivity index (χ1) is 5.55. The lowest BCUT2D eigenvalue weighted by Gasteiger charge is -2.20. The first kappa shape index (κ1) is 8.99. The fourth-order valence-corrected chi connectivity index (χ4v) is 0.675. The maximum absolute atomic E-state index is 12.3. The van der Waals surface area contributed by atoms with Crippen LogP contribution >= 0.6 is 0 Å². The van der Waals surface area contributed by atoms with Crippen molar-refractivity contribution in [3.63, 3.8) is 0 Å². The Hall–Kier alpha value is -1.10. The molecule has 0 saturated carbocycles. The maximum Gasteiger partial charge on any atom is 0.263 e. The van der Waals surface area contributed by atoms with Crippen LogP contribution in [0.5, 0.6) is 0 Å². The minimum Gasteiger partial charge on any atom is -0.314 e. The molecule has 2 N–H and O–H groups in total. The van der Waals surface area contributed by atoms with E-state index in [0.29, 0.717) is 0 Å². The lowest BCUT2D eigenvalue weighted by Crippen LogP contribution is -2.42. The van der Waals surface area contributed by atoms with Crippen molar-refractivity contribution in [3.8, 4) is 0 Å². The fourth-order valence-electron chi connectivity index (χ4n) is 0.675. The van der Waals surface area contributed by atoms with Gasteiger partial charge in [-0.15, -0.1) is 0 Å².